The molecule has 0 aliphatic heterocycles. The first kappa shape index (κ1) is 15.9. The predicted molar refractivity (Wildman–Crippen MR) is 86.5 cm³/mol. The molecule has 1 aromatic carbocycles. The van der Waals surface area contributed by atoms with E-state index in [1.165, 1.54) is 0 Å². The Morgan fingerprint density at radius 1 is 1.33 bits per heavy atom. The van der Waals surface area contributed by atoms with Crippen molar-refractivity contribution < 1.29 is 4.79 Å². The van der Waals surface area contributed by atoms with E-state index in [0.29, 0.717) is 18.0 Å². The first-order chi connectivity index (χ1) is 10.0. The molecular weight excluding hydrogens is 306 g/mol. The zero-order valence-corrected chi connectivity index (χ0v) is 13.7. The van der Waals surface area contributed by atoms with Crippen LogP contribution >= 0.6 is 22.9 Å². The van der Waals surface area contributed by atoms with Crippen molar-refractivity contribution in [2.24, 2.45) is 0 Å². The minimum absolute atomic E-state index is 0.0216. The number of nitrogens with one attached hydrogen (secondary N) is 1. The van der Waals surface area contributed by atoms with Crippen LogP contribution in [0.25, 0.3) is 0 Å². The van der Waals surface area contributed by atoms with E-state index in [1.54, 1.807) is 11.3 Å². The lowest BCUT2D eigenvalue weighted by molar-refractivity contribution is -0.120. The van der Waals surface area contributed by atoms with Crippen LogP contribution in [0.5, 0.6) is 0 Å². The summed E-state index contributed by atoms with van der Waals surface area (Å²) in [7, 11) is 4.00. The van der Waals surface area contributed by atoms with E-state index in [2.05, 4.69) is 15.2 Å². The molecule has 21 heavy (non-hydrogen) atoms. The van der Waals surface area contributed by atoms with Gasteiger partial charge in [-0.15, -0.1) is 11.3 Å². The molecule has 0 unspecified atom stereocenters. The van der Waals surface area contributed by atoms with Gasteiger partial charge >= 0.3 is 0 Å². The second-order valence-corrected chi connectivity index (χ2v) is 6.43. The van der Waals surface area contributed by atoms with Gasteiger partial charge in [0.1, 0.15) is 5.01 Å². The van der Waals surface area contributed by atoms with Gasteiger partial charge in [-0.25, -0.2) is 4.98 Å². The molecule has 0 saturated heterocycles. The highest BCUT2D eigenvalue weighted by atomic mass is 35.5. The molecule has 0 bridgehead atoms. The molecule has 1 heterocycles. The average molecular weight is 324 g/mol. The normalized spacial score (nSPS) is 10.9. The molecule has 6 heteroatoms. The number of carbonyl (C=O) groups excluding carboxylic acids is 1. The largest absolute Gasteiger partial charge is 0.352 e. The fourth-order valence-electron chi connectivity index (χ4n) is 1.80. The highest BCUT2D eigenvalue weighted by Gasteiger charge is 2.08. The molecule has 0 aliphatic rings. The molecule has 0 radical (unpaired) electrons. The lowest BCUT2D eigenvalue weighted by Crippen LogP contribution is -2.24. The summed E-state index contributed by atoms with van der Waals surface area (Å²) in [5.41, 5.74) is 1.85. The van der Waals surface area contributed by atoms with E-state index >= 15 is 0 Å². The topological polar surface area (TPSA) is 45.2 Å². The third kappa shape index (κ3) is 5.46. The highest BCUT2D eigenvalue weighted by Crippen LogP contribution is 2.12. The number of thiazole rings is 1. The number of nitrogens with zero attached hydrogens (tertiary/aromatic N) is 2. The van der Waals surface area contributed by atoms with E-state index in [1.807, 2.05) is 43.7 Å². The summed E-state index contributed by atoms with van der Waals surface area (Å²) in [5.74, 6) is -0.0216. The Labute approximate surface area is 133 Å². The number of hydrogen-bond donors (Lipinski definition) is 1. The summed E-state index contributed by atoms with van der Waals surface area (Å²) in [4.78, 5) is 18.4. The van der Waals surface area contributed by atoms with Crippen LogP contribution in [0.15, 0.2) is 29.6 Å². The van der Waals surface area contributed by atoms with Gasteiger partial charge < -0.3 is 10.2 Å². The van der Waals surface area contributed by atoms with E-state index < -0.39 is 0 Å². The van der Waals surface area contributed by atoms with Crippen molar-refractivity contribution in [1.29, 1.82) is 0 Å². The molecule has 1 N–H and O–H groups in total. The standard InChI is InChI=1S/C15H18ClN3OS/c1-19(2)9-15-18-13(10-21-15)7-14(20)17-8-11-3-5-12(16)6-4-11/h3-6,10H,7-9H2,1-2H3,(H,17,20). The van der Waals surface area contributed by atoms with E-state index in [9.17, 15) is 4.79 Å². The van der Waals surface area contributed by atoms with Crippen molar-refractivity contribution in [3.05, 3.63) is 50.9 Å². The number of benzene rings is 1. The first-order valence-corrected chi connectivity index (χ1v) is 7.88. The number of amides is 1. The summed E-state index contributed by atoms with van der Waals surface area (Å²) in [6.07, 6.45) is 0.317. The lowest BCUT2D eigenvalue weighted by Gasteiger charge is -2.05. The van der Waals surface area contributed by atoms with Crippen LogP contribution in [0.2, 0.25) is 5.02 Å². The quantitative estimate of drug-likeness (QED) is 0.889. The van der Waals surface area contributed by atoms with Gasteiger partial charge in [0.15, 0.2) is 0 Å². The van der Waals surface area contributed by atoms with Crippen molar-refractivity contribution in [2.45, 2.75) is 19.5 Å². The molecule has 2 aromatic rings. The third-order valence-corrected chi connectivity index (χ3v) is 3.93. The minimum atomic E-state index is -0.0216. The fourth-order valence-corrected chi connectivity index (χ4v) is 2.84. The van der Waals surface area contributed by atoms with Gasteiger partial charge in [-0.05, 0) is 31.8 Å². The Morgan fingerprint density at radius 3 is 2.71 bits per heavy atom. The Hall–Kier alpha value is -1.43. The van der Waals surface area contributed by atoms with E-state index in [0.717, 1.165) is 22.8 Å². The highest BCUT2D eigenvalue weighted by molar-refractivity contribution is 7.09. The van der Waals surface area contributed by atoms with Crippen LogP contribution in [0.3, 0.4) is 0 Å². The Morgan fingerprint density at radius 2 is 2.05 bits per heavy atom. The Kier molecular flexibility index (Phi) is 5.73. The van der Waals surface area contributed by atoms with Crippen LogP contribution in [0.1, 0.15) is 16.3 Å². The molecule has 0 spiro atoms. The van der Waals surface area contributed by atoms with Crippen molar-refractivity contribution >= 4 is 28.8 Å². The Bertz CT molecular complexity index is 595. The fraction of sp³-hybridized carbons (Fsp3) is 0.333. The molecule has 0 atom stereocenters. The average Bonchev–Trinajstić information content (AvgIpc) is 2.84. The Balaban J connectivity index is 1.81. The summed E-state index contributed by atoms with van der Waals surface area (Å²) < 4.78 is 0. The van der Waals surface area contributed by atoms with Crippen molar-refractivity contribution in [2.75, 3.05) is 14.1 Å². The number of carbonyl (C=O) groups is 1. The molecule has 0 saturated carbocycles. The maximum absolute atomic E-state index is 11.9. The molecule has 112 valence electrons. The van der Waals surface area contributed by atoms with Crippen LogP contribution < -0.4 is 5.32 Å². The lowest BCUT2D eigenvalue weighted by atomic mass is 10.2. The number of rotatable bonds is 6. The van der Waals surface area contributed by atoms with Crippen molar-refractivity contribution in [3.63, 3.8) is 0 Å². The van der Waals surface area contributed by atoms with Crippen LogP contribution in [-0.4, -0.2) is 29.9 Å². The maximum Gasteiger partial charge on any atom is 0.226 e. The predicted octanol–water partition coefficient (Wildman–Crippen LogP) is 2.72. The summed E-state index contributed by atoms with van der Waals surface area (Å²) in [6.45, 7) is 1.31. The first-order valence-electron chi connectivity index (χ1n) is 6.62. The molecular formula is C15H18ClN3OS. The van der Waals surface area contributed by atoms with Crippen LogP contribution in [0, 0.1) is 0 Å². The number of hydrogen-bond acceptors (Lipinski definition) is 4. The van der Waals surface area contributed by atoms with E-state index in [-0.39, 0.29) is 5.91 Å². The summed E-state index contributed by atoms with van der Waals surface area (Å²) >= 11 is 7.41. The molecule has 2 rings (SSSR count). The summed E-state index contributed by atoms with van der Waals surface area (Å²) in [5, 5.41) is 6.56. The van der Waals surface area contributed by atoms with Crippen LogP contribution in [0.4, 0.5) is 0 Å². The van der Waals surface area contributed by atoms with Gasteiger partial charge in [0.05, 0.1) is 12.1 Å². The third-order valence-electron chi connectivity index (χ3n) is 2.80. The smallest absolute Gasteiger partial charge is 0.226 e. The van der Waals surface area contributed by atoms with Crippen molar-refractivity contribution in [1.82, 2.24) is 15.2 Å². The van der Waals surface area contributed by atoms with Gasteiger partial charge in [-0.3, -0.25) is 4.79 Å². The monoisotopic (exact) mass is 323 g/mol. The zero-order valence-electron chi connectivity index (χ0n) is 12.1. The van der Waals surface area contributed by atoms with Crippen molar-refractivity contribution in [3.8, 4) is 0 Å². The molecule has 1 amide bonds. The van der Waals surface area contributed by atoms with Gasteiger partial charge in [0, 0.05) is 23.5 Å². The zero-order chi connectivity index (χ0) is 15.2. The summed E-state index contributed by atoms with van der Waals surface area (Å²) in [6, 6.07) is 7.44. The molecule has 1 aromatic heterocycles. The maximum atomic E-state index is 11.9. The van der Waals surface area contributed by atoms with Gasteiger partial charge in [-0.2, -0.15) is 0 Å². The van der Waals surface area contributed by atoms with Crippen LogP contribution in [-0.2, 0) is 24.3 Å². The second-order valence-electron chi connectivity index (χ2n) is 5.05. The second kappa shape index (κ2) is 7.54. The van der Waals surface area contributed by atoms with Gasteiger partial charge in [-0.1, -0.05) is 23.7 Å². The number of halogens is 1. The molecule has 0 fully saturated rings. The van der Waals surface area contributed by atoms with Gasteiger partial charge in [0.25, 0.3) is 0 Å². The SMILES string of the molecule is CN(C)Cc1nc(CC(=O)NCc2ccc(Cl)cc2)cs1. The van der Waals surface area contributed by atoms with Gasteiger partial charge in [0.2, 0.25) is 5.91 Å². The molecule has 0 aliphatic carbocycles. The van der Waals surface area contributed by atoms with E-state index in [4.69, 9.17) is 11.6 Å². The minimum Gasteiger partial charge on any atom is -0.352 e. The number of aromatic nitrogens is 1. The molecule has 4 nitrogen and oxygen atoms in total.